The third kappa shape index (κ3) is 4.55. The van der Waals surface area contributed by atoms with Crippen LogP contribution in [0.2, 0.25) is 0 Å². The quantitative estimate of drug-likeness (QED) is 0.330. The van der Waals surface area contributed by atoms with E-state index in [2.05, 4.69) is 10.3 Å². The number of nitrogens with one attached hydrogen (secondary N) is 1. The highest BCUT2D eigenvalue weighted by atomic mass is 16.5. The van der Waals surface area contributed by atoms with Gasteiger partial charge in [0.25, 0.3) is 0 Å². The molecule has 0 radical (unpaired) electrons. The third-order valence-corrected chi connectivity index (χ3v) is 4.17. The van der Waals surface area contributed by atoms with Crippen LogP contribution in [0, 0.1) is 0 Å². The van der Waals surface area contributed by atoms with Crippen molar-refractivity contribution in [1.82, 2.24) is 4.98 Å². The van der Waals surface area contributed by atoms with Gasteiger partial charge in [0.15, 0.2) is 5.78 Å². The molecule has 1 heterocycles. The van der Waals surface area contributed by atoms with Gasteiger partial charge >= 0.3 is 0 Å². The van der Waals surface area contributed by atoms with Gasteiger partial charge in [-0.2, -0.15) is 0 Å². The largest absolute Gasteiger partial charge is 0.496 e. The van der Waals surface area contributed by atoms with Crippen LogP contribution in [0.5, 0.6) is 5.75 Å². The minimum absolute atomic E-state index is 0.103. The third-order valence-electron chi connectivity index (χ3n) is 4.17. The molecule has 3 aromatic rings. The summed E-state index contributed by atoms with van der Waals surface area (Å²) in [4.78, 5) is 16.7. The van der Waals surface area contributed by atoms with E-state index in [9.17, 15) is 9.90 Å². The van der Waals surface area contributed by atoms with Gasteiger partial charge in [-0.15, -0.1) is 0 Å². The molecule has 0 saturated heterocycles. The number of methoxy groups -OCH3 is 1. The van der Waals surface area contributed by atoms with Crippen LogP contribution < -0.4 is 15.8 Å². The average Bonchev–Trinajstić information content (AvgIpc) is 2.73. The highest BCUT2D eigenvalue weighted by Crippen LogP contribution is 2.26. The summed E-state index contributed by atoms with van der Waals surface area (Å²) in [7, 11) is 1.55. The van der Waals surface area contributed by atoms with E-state index in [0.717, 1.165) is 11.3 Å². The van der Waals surface area contributed by atoms with Crippen LogP contribution >= 0.6 is 0 Å². The number of ether oxygens (including phenoxy) is 1. The Morgan fingerprint density at radius 1 is 1.21 bits per heavy atom. The van der Waals surface area contributed by atoms with Crippen molar-refractivity contribution in [1.29, 1.82) is 0 Å². The van der Waals surface area contributed by atoms with E-state index in [1.165, 1.54) is 6.08 Å². The lowest BCUT2D eigenvalue weighted by molar-refractivity contribution is 0.104. The lowest BCUT2D eigenvalue weighted by Crippen LogP contribution is -1.99. The van der Waals surface area contributed by atoms with Gasteiger partial charge in [-0.1, -0.05) is 6.07 Å². The molecule has 0 bridgehead atoms. The number of nitrogens with two attached hydrogens (primary N) is 1. The van der Waals surface area contributed by atoms with Gasteiger partial charge in [0, 0.05) is 40.3 Å². The number of carbonyl (C=O) groups is 1. The number of allylic oxidation sites excluding steroid dienone is 1. The Labute approximate surface area is 163 Å². The van der Waals surface area contributed by atoms with Crippen molar-refractivity contribution in [2.45, 2.75) is 6.61 Å². The second kappa shape index (κ2) is 8.83. The predicted octanol–water partition coefficient (Wildman–Crippen LogP) is 3.80. The molecule has 1 aromatic heterocycles. The van der Waals surface area contributed by atoms with Gasteiger partial charge < -0.3 is 20.9 Å². The van der Waals surface area contributed by atoms with Crippen molar-refractivity contribution in [3.8, 4) is 5.75 Å². The molecule has 0 amide bonds. The first-order valence-corrected chi connectivity index (χ1v) is 8.68. The van der Waals surface area contributed by atoms with E-state index in [1.54, 1.807) is 61.8 Å². The molecule has 0 unspecified atom stereocenters. The average molecular weight is 375 g/mol. The highest BCUT2D eigenvalue weighted by molar-refractivity contribution is 6.07. The Morgan fingerprint density at radius 2 is 2.00 bits per heavy atom. The fourth-order valence-corrected chi connectivity index (χ4v) is 2.66. The number of carbonyl (C=O) groups excluding carboxylic acids is 1. The zero-order valence-electron chi connectivity index (χ0n) is 15.4. The van der Waals surface area contributed by atoms with Crippen LogP contribution in [-0.4, -0.2) is 23.0 Å². The Morgan fingerprint density at radius 3 is 2.71 bits per heavy atom. The summed E-state index contributed by atoms with van der Waals surface area (Å²) in [6.07, 6.45) is 4.89. The summed E-state index contributed by atoms with van der Waals surface area (Å²) >= 11 is 0. The summed E-state index contributed by atoms with van der Waals surface area (Å²) in [5, 5.41) is 12.6. The number of aliphatic hydroxyl groups is 1. The topological polar surface area (TPSA) is 97.5 Å². The Hall–Kier alpha value is -3.64. The molecule has 6 heteroatoms. The van der Waals surface area contributed by atoms with Crippen molar-refractivity contribution < 1.29 is 14.6 Å². The number of aliphatic hydroxyl groups excluding tert-OH is 1. The first-order valence-electron chi connectivity index (χ1n) is 8.68. The molecule has 0 saturated carbocycles. The smallest absolute Gasteiger partial charge is 0.185 e. The highest BCUT2D eigenvalue weighted by Gasteiger charge is 2.07. The van der Waals surface area contributed by atoms with Crippen molar-refractivity contribution >= 4 is 29.1 Å². The van der Waals surface area contributed by atoms with E-state index in [-0.39, 0.29) is 12.4 Å². The molecule has 142 valence electrons. The SMILES string of the molecule is COc1cc(Nc2ncccc2C=CC(=O)c2ccc(N)cc2)ccc1CO. The lowest BCUT2D eigenvalue weighted by Gasteiger charge is -2.12. The van der Waals surface area contributed by atoms with Crippen LogP contribution in [-0.2, 0) is 6.61 Å². The number of hydrogen-bond donors (Lipinski definition) is 3. The Kier molecular flexibility index (Phi) is 6.04. The molecular formula is C22H21N3O3. The molecule has 0 aliphatic heterocycles. The van der Waals surface area contributed by atoms with E-state index in [4.69, 9.17) is 10.5 Å². The van der Waals surface area contributed by atoms with Crippen molar-refractivity contribution in [3.63, 3.8) is 0 Å². The number of anilines is 3. The van der Waals surface area contributed by atoms with Crippen LogP contribution in [0.1, 0.15) is 21.5 Å². The molecule has 0 spiro atoms. The Bertz CT molecular complexity index is 998. The minimum atomic E-state index is -0.122. The van der Waals surface area contributed by atoms with E-state index in [0.29, 0.717) is 28.4 Å². The zero-order chi connectivity index (χ0) is 19.9. The van der Waals surface area contributed by atoms with Gasteiger partial charge in [-0.3, -0.25) is 4.79 Å². The lowest BCUT2D eigenvalue weighted by atomic mass is 10.1. The fraction of sp³-hybridized carbons (Fsp3) is 0.0909. The van der Waals surface area contributed by atoms with Gasteiger partial charge in [0.05, 0.1) is 13.7 Å². The monoisotopic (exact) mass is 375 g/mol. The van der Waals surface area contributed by atoms with Crippen LogP contribution in [0.4, 0.5) is 17.2 Å². The maximum absolute atomic E-state index is 12.3. The molecule has 0 aliphatic carbocycles. The van der Waals surface area contributed by atoms with E-state index >= 15 is 0 Å². The molecule has 0 aliphatic rings. The maximum Gasteiger partial charge on any atom is 0.185 e. The van der Waals surface area contributed by atoms with Crippen molar-refractivity contribution in [2.24, 2.45) is 0 Å². The Balaban J connectivity index is 1.81. The summed E-state index contributed by atoms with van der Waals surface area (Å²) in [5.41, 5.74) is 9.05. The number of pyridine rings is 1. The molecule has 3 rings (SSSR count). The maximum atomic E-state index is 12.3. The predicted molar refractivity (Wildman–Crippen MR) is 111 cm³/mol. The van der Waals surface area contributed by atoms with Crippen molar-refractivity contribution in [3.05, 3.63) is 83.6 Å². The summed E-state index contributed by atoms with van der Waals surface area (Å²) in [5.74, 6) is 1.06. The fourth-order valence-electron chi connectivity index (χ4n) is 2.66. The van der Waals surface area contributed by atoms with Gasteiger partial charge in [-0.05, 0) is 54.6 Å². The second-order valence-corrected chi connectivity index (χ2v) is 6.07. The normalized spacial score (nSPS) is 10.8. The number of rotatable bonds is 7. The molecule has 0 atom stereocenters. The molecule has 6 nitrogen and oxygen atoms in total. The summed E-state index contributed by atoms with van der Waals surface area (Å²) in [6, 6.07) is 15.8. The molecule has 0 fully saturated rings. The van der Waals surface area contributed by atoms with E-state index in [1.807, 2.05) is 12.1 Å². The first-order chi connectivity index (χ1) is 13.6. The number of ketones is 1. The van der Waals surface area contributed by atoms with Gasteiger partial charge in [0.2, 0.25) is 0 Å². The molecule has 28 heavy (non-hydrogen) atoms. The number of nitrogen functional groups attached to an aromatic ring is 1. The van der Waals surface area contributed by atoms with Crippen LogP contribution in [0.3, 0.4) is 0 Å². The number of aromatic nitrogens is 1. The van der Waals surface area contributed by atoms with Gasteiger partial charge in [-0.25, -0.2) is 4.98 Å². The minimum Gasteiger partial charge on any atom is -0.496 e. The number of hydrogen-bond acceptors (Lipinski definition) is 6. The summed E-state index contributed by atoms with van der Waals surface area (Å²) < 4.78 is 5.29. The summed E-state index contributed by atoms with van der Waals surface area (Å²) in [6.45, 7) is -0.103. The standard InChI is InChI=1S/C22H21N3O3/c1-28-21-13-19(10-6-17(21)14-26)25-22-16(3-2-12-24-22)7-11-20(27)15-4-8-18(23)9-5-15/h2-13,26H,14,23H2,1H3,(H,24,25). The van der Waals surface area contributed by atoms with Crippen LogP contribution in [0.15, 0.2) is 66.9 Å². The zero-order valence-corrected chi connectivity index (χ0v) is 15.4. The molecule has 4 N–H and O–H groups in total. The van der Waals surface area contributed by atoms with Gasteiger partial charge in [0.1, 0.15) is 11.6 Å². The van der Waals surface area contributed by atoms with Crippen LogP contribution in [0.25, 0.3) is 6.08 Å². The molecule has 2 aromatic carbocycles. The number of nitrogens with zero attached hydrogens (tertiary/aromatic N) is 1. The first kappa shape index (κ1) is 19.1. The number of benzene rings is 2. The molecular weight excluding hydrogens is 354 g/mol. The van der Waals surface area contributed by atoms with E-state index < -0.39 is 0 Å². The van der Waals surface area contributed by atoms with Crippen molar-refractivity contribution in [2.75, 3.05) is 18.2 Å². The second-order valence-electron chi connectivity index (χ2n) is 6.07.